The van der Waals surface area contributed by atoms with Gasteiger partial charge in [-0.2, -0.15) is 0 Å². The van der Waals surface area contributed by atoms with Crippen LogP contribution in [0.25, 0.3) is 0 Å². The summed E-state index contributed by atoms with van der Waals surface area (Å²) >= 11 is 1.49. The van der Waals surface area contributed by atoms with Crippen molar-refractivity contribution in [1.82, 2.24) is 14.7 Å². The van der Waals surface area contributed by atoms with Gasteiger partial charge in [0.15, 0.2) is 0 Å². The number of piperazine rings is 1. The van der Waals surface area contributed by atoms with E-state index in [0.717, 1.165) is 29.8 Å². The average Bonchev–Trinajstić information content (AvgIpc) is 3.22. The molecule has 4 rings (SSSR count). The molecule has 5 nitrogen and oxygen atoms in total. The van der Waals surface area contributed by atoms with Crippen LogP contribution in [0.4, 0.5) is 0 Å². The van der Waals surface area contributed by atoms with Gasteiger partial charge in [0.2, 0.25) is 5.91 Å². The van der Waals surface area contributed by atoms with Crippen molar-refractivity contribution in [3.63, 3.8) is 0 Å². The standard InChI is InChI=1S/C20H29N3O2S/c24-19(15-21-8-7-16-4-1-2-5-17(16)14-21)22-9-11-23(12-10-22)20(25)18-6-3-13-26-18/h3,6,13,16-17H,1-2,4-5,7-12,14-15H2/t16-,17+/m0/s1. The maximum absolute atomic E-state index is 12.7. The van der Waals surface area contributed by atoms with E-state index in [9.17, 15) is 9.59 Å². The molecule has 0 radical (unpaired) electrons. The number of likely N-dealkylation sites (tertiary alicyclic amines) is 1. The molecule has 1 aliphatic carbocycles. The molecule has 0 unspecified atom stereocenters. The van der Waals surface area contributed by atoms with Crippen molar-refractivity contribution >= 4 is 23.2 Å². The number of hydrogen-bond donors (Lipinski definition) is 0. The highest BCUT2D eigenvalue weighted by atomic mass is 32.1. The largest absolute Gasteiger partial charge is 0.338 e. The molecular formula is C20H29N3O2S. The third kappa shape index (κ3) is 3.96. The number of amides is 2. The molecule has 0 N–H and O–H groups in total. The maximum atomic E-state index is 12.7. The number of fused-ring (bicyclic) bond motifs is 1. The molecule has 3 heterocycles. The minimum Gasteiger partial charge on any atom is -0.338 e. The quantitative estimate of drug-likeness (QED) is 0.815. The third-order valence-corrected chi connectivity index (χ3v) is 7.24. The topological polar surface area (TPSA) is 43.9 Å². The lowest BCUT2D eigenvalue weighted by Gasteiger charge is -2.42. The molecule has 2 saturated heterocycles. The molecule has 1 aromatic heterocycles. The minimum atomic E-state index is 0.103. The van der Waals surface area contributed by atoms with Crippen LogP contribution in [0.2, 0.25) is 0 Å². The molecule has 1 saturated carbocycles. The summed E-state index contributed by atoms with van der Waals surface area (Å²) in [6.45, 7) is 5.35. The summed E-state index contributed by atoms with van der Waals surface area (Å²) in [5.41, 5.74) is 0. The van der Waals surface area contributed by atoms with E-state index in [1.54, 1.807) is 0 Å². The van der Waals surface area contributed by atoms with Crippen LogP contribution in [-0.4, -0.2) is 72.3 Å². The Labute approximate surface area is 159 Å². The zero-order chi connectivity index (χ0) is 17.9. The average molecular weight is 376 g/mol. The number of piperidine rings is 1. The summed E-state index contributed by atoms with van der Waals surface area (Å²) < 4.78 is 0. The van der Waals surface area contributed by atoms with Gasteiger partial charge in [0, 0.05) is 32.7 Å². The summed E-state index contributed by atoms with van der Waals surface area (Å²) in [6.07, 6.45) is 6.77. The second kappa shape index (κ2) is 8.09. The van der Waals surface area contributed by atoms with E-state index in [1.807, 2.05) is 27.3 Å². The van der Waals surface area contributed by atoms with Crippen molar-refractivity contribution in [2.45, 2.75) is 32.1 Å². The van der Waals surface area contributed by atoms with Gasteiger partial charge in [0.1, 0.15) is 0 Å². The molecule has 26 heavy (non-hydrogen) atoms. The van der Waals surface area contributed by atoms with Crippen LogP contribution in [0.3, 0.4) is 0 Å². The van der Waals surface area contributed by atoms with Crippen LogP contribution in [0, 0.1) is 11.8 Å². The number of carbonyl (C=O) groups is 2. The number of carbonyl (C=O) groups excluding carboxylic acids is 2. The van der Waals surface area contributed by atoms with Crippen molar-refractivity contribution in [3.8, 4) is 0 Å². The van der Waals surface area contributed by atoms with Crippen molar-refractivity contribution in [2.75, 3.05) is 45.8 Å². The number of thiophene rings is 1. The van der Waals surface area contributed by atoms with E-state index < -0.39 is 0 Å². The van der Waals surface area contributed by atoms with Crippen LogP contribution in [0.1, 0.15) is 41.8 Å². The lowest BCUT2D eigenvalue weighted by molar-refractivity contribution is -0.134. The zero-order valence-electron chi connectivity index (χ0n) is 15.4. The SMILES string of the molecule is O=C(CN1CC[C@@H]2CCCC[C@@H]2C1)N1CCN(C(=O)c2cccs2)CC1. The predicted molar refractivity (Wildman–Crippen MR) is 103 cm³/mol. The van der Waals surface area contributed by atoms with Crippen LogP contribution in [0.15, 0.2) is 17.5 Å². The lowest BCUT2D eigenvalue weighted by Crippen LogP contribution is -2.53. The van der Waals surface area contributed by atoms with E-state index in [2.05, 4.69) is 4.90 Å². The number of rotatable bonds is 3. The van der Waals surface area contributed by atoms with Crippen LogP contribution < -0.4 is 0 Å². The molecule has 6 heteroatoms. The summed E-state index contributed by atoms with van der Waals surface area (Å²) in [7, 11) is 0. The fraction of sp³-hybridized carbons (Fsp3) is 0.700. The first-order chi connectivity index (χ1) is 12.7. The first kappa shape index (κ1) is 18.0. The lowest BCUT2D eigenvalue weighted by atomic mass is 9.75. The fourth-order valence-corrected chi connectivity index (χ4v) is 5.52. The molecule has 3 fully saturated rings. The van der Waals surface area contributed by atoms with Crippen molar-refractivity contribution in [1.29, 1.82) is 0 Å². The Morgan fingerprint density at radius 1 is 0.962 bits per heavy atom. The summed E-state index contributed by atoms with van der Waals surface area (Å²) in [5, 5.41) is 1.93. The van der Waals surface area contributed by atoms with Gasteiger partial charge < -0.3 is 9.80 Å². The fourth-order valence-electron chi connectivity index (χ4n) is 4.83. The smallest absolute Gasteiger partial charge is 0.264 e. The molecule has 0 bridgehead atoms. The minimum absolute atomic E-state index is 0.103. The first-order valence-corrected chi connectivity index (χ1v) is 10.9. The first-order valence-electron chi connectivity index (χ1n) is 10.0. The molecule has 2 aliphatic heterocycles. The van der Waals surface area contributed by atoms with E-state index in [1.165, 1.54) is 43.4 Å². The summed E-state index contributed by atoms with van der Waals surface area (Å²) in [4.78, 5) is 32.1. The molecule has 1 aromatic rings. The Morgan fingerprint density at radius 3 is 2.42 bits per heavy atom. The Kier molecular flexibility index (Phi) is 5.60. The van der Waals surface area contributed by atoms with Crippen molar-refractivity contribution in [3.05, 3.63) is 22.4 Å². The van der Waals surface area contributed by atoms with Crippen LogP contribution >= 0.6 is 11.3 Å². The zero-order valence-corrected chi connectivity index (χ0v) is 16.3. The number of hydrogen-bond acceptors (Lipinski definition) is 4. The number of nitrogens with zero attached hydrogens (tertiary/aromatic N) is 3. The normalized spacial score (nSPS) is 27.2. The van der Waals surface area contributed by atoms with Crippen LogP contribution in [0.5, 0.6) is 0 Å². The van der Waals surface area contributed by atoms with Gasteiger partial charge in [-0.1, -0.05) is 25.3 Å². The molecule has 2 amide bonds. The Hall–Kier alpha value is -1.40. The molecule has 3 aliphatic rings. The van der Waals surface area contributed by atoms with E-state index in [0.29, 0.717) is 32.7 Å². The third-order valence-electron chi connectivity index (χ3n) is 6.39. The Balaban J connectivity index is 1.24. The van der Waals surface area contributed by atoms with Gasteiger partial charge in [-0.3, -0.25) is 14.5 Å². The van der Waals surface area contributed by atoms with Crippen LogP contribution in [-0.2, 0) is 4.79 Å². The Bertz CT molecular complexity index is 625. The molecule has 142 valence electrons. The molecule has 2 atom stereocenters. The van der Waals surface area contributed by atoms with E-state index in [4.69, 9.17) is 0 Å². The van der Waals surface area contributed by atoms with Crippen molar-refractivity contribution in [2.24, 2.45) is 11.8 Å². The highest BCUT2D eigenvalue weighted by molar-refractivity contribution is 7.12. The predicted octanol–water partition coefficient (Wildman–Crippen LogP) is 2.54. The van der Waals surface area contributed by atoms with Gasteiger partial charge in [-0.25, -0.2) is 0 Å². The monoisotopic (exact) mass is 375 g/mol. The maximum Gasteiger partial charge on any atom is 0.264 e. The Morgan fingerprint density at radius 2 is 1.69 bits per heavy atom. The van der Waals surface area contributed by atoms with Gasteiger partial charge in [0.25, 0.3) is 5.91 Å². The molecule has 0 spiro atoms. The second-order valence-corrected chi connectivity index (χ2v) is 8.93. The molecular weight excluding hydrogens is 346 g/mol. The van der Waals surface area contributed by atoms with Gasteiger partial charge >= 0.3 is 0 Å². The van der Waals surface area contributed by atoms with Crippen molar-refractivity contribution < 1.29 is 9.59 Å². The summed E-state index contributed by atoms with van der Waals surface area (Å²) in [6, 6.07) is 3.78. The van der Waals surface area contributed by atoms with Gasteiger partial charge in [-0.05, 0) is 42.7 Å². The second-order valence-electron chi connectivity index (χ2n) is 7.98. The highest BCUT2D eigenvalue weighted by Crippen LogP contribution is 2.35. The van der Waals surface area contributed by atoms with Gasteiger partial charge in [0.05, 0.1) is 11.4 Å². The van der Waals surface area contributed by atoms with Gasteiger partial charge in [-0.15, -0.1) is 11.3 Å². The van der Waals surface area contributed by atoms with E-state index in [-0.39, 0.29) is 11.8 Å². The summed E-state index contributed by atoms with van der Waals surface area (Å²) in [5.74, 6) is 2.06. The molecule has 0 aromatic carbocycles. The highest BCUT2D eigenvalue weighted by Gasteiger charge is 2.33. The van der Waals surface area contributed by atoms with E-state index >= 15 is 0 Å².